The number of carboxylic acids is 2. The minimum atomic E-state index is -1.54. The van der Waals surface area contributed by atoms with Gasteiger partial charge in [-0.1, -0.05) is 0 Å². The van der Waals surface area contributed by atoms with Gasteiger partial charge in [0, 0.05) is 6.54 Å². The van der Waals surface area contributed by atoms with E-state index in [4.69, 9.17) is 16.6 Å². The first-order valence-corrected chi connectivity index (χ1v) is 10.5. The topological polar surface area (TPSA) is 225 Å². The maximum atomic E-state index is 12.8. The molecular formula is C19H33N5O8. The van der Waals surface area contributed by atoms with Crippen molar-refractivity contribution in [1.29, 1.82) is 0 Å². The Morgan fingerprint density at radius 1 is 1.09 bits per heavy atom. The molecule has 32 heavy (non-hydrogen) atoms. The summed E-state index contributed by atoms with van der Waals surface area (Å²) in [5, 5.41) is 32.6. The van der Waals surface area contributed by atoms with Crippen molar-refractivity contribution in [2.45, 2.75) is 75.7 Å². The highest BCUT2D eigenvalue weighted by Crippen LogP contribution is 2.19. The predicted molar refractivity (Wildman–Crippen MR) is 111 cm³/mol. The van der Waals surface area contributed by atoms with Crippen LogP contribution in [-0.2, 0) is 24.0 Å². The second-order valence-electron chi connectivity index (χ2n) is 7.80. The smallest absolute Gasteiger partial charge is 0.326 e. The van der Waals surface area contributed by atoms with E-state index in [1.54, 1.807) is 0 Å². The van der Waals surface area contributed by atoms with Crippen LogP contribution < -0.4 is 22.1 Å². The summed E-state index contributed by atoms with van der Waals surface area (Å²) in [7, 11) is 0. The van der Waals surface area contributed by atoms with Crippen molar-refractivity contribution in [2.75, 3.05) is 13.1 Å². The Morgan fingerprint density at radius 2 is 1.75 bits per heavy atom. The number of nitrogens with zero attached hydrogens (tertiary/aromatic N) is 1. The van der Waals surface area contributed by atoms with Crippen LogP contribution in [0.25, 0.3) is 0 Å². The van der Waals surface area contributed by atoms with Gasteiger partial charge in [0.25, 0.3) is 0 Å². The number of amides is 3. The minimum Gasteiger partial charge on any atom is -0.481 e. The number of aliphatic carboxylic acids is 2. The quantitative estimate of drug-likeness (QED) is 0.141. The summed E-state index contributed by atoms with van der Waals surface area (Å²) in [6.45, 7) is 1.91. The normalized spacial score (nSPS) is 19.5. The molecule has 3 amide bonds. The molecule has 1 aliphatic rings. The standard InChI is InChI=1S/C19H33N5O8/c1-10(25)15(21)18(30)24-8-4-6-13(24)17(29)23-12(9-14(26)27)16(28)22-11(19(31)32)5-2-3-7-20/h10-13,15,25H,2-9,20-21H2,1H3,(H,22,28)(H,23,29)(H,26,27)(H,31,32). The summed E-state index contributed by atoms with van der Waals surface area (Å²) in [4.78, 5) is 61.6. The SMILES string of the molecule is CC(O)C(N)C(=O)N1CCCC1C(=O)NC(CC(=O)O)C(=O)NC(CCCCN)C(=O)O. The Balaban J connectivity index is 2.89. The molecule has 5 atom stereocenters. The molecule has 0 spiro atoms. The van der Waals surface area contributed by atoms with Crippen molar-refractivity contribution in [3.63, 3.8) is 0 Å². The molecule has 0 saturated carbocycles. The second kappa shape index (κ2) is 12.9. The van der Waals surface area contributed by atoms with Gasteiger partial charge in [-0.05, 0) is 45.6 Å². The van der Waals surface area contributed by atoms with Crippen molar-refractivity contribution in [1.82, 2.24) is 15.5 Å². The van der Waals surface area contributed by atoms with Crippen LogP contribution in [0.2, 0.25) is 0 Å². The third-order valence-electron chi connectivity index (χ3n) is 5.22. The molecule has 0 aromatic heterocycles. The van der Waals surface area contributed by atoms with Gasteiger partial charge in [-0.15, -0.1) is 0 Å². The zero-order valence-corrected chi connectivity index (χ0v) is 18.0. The summed E-state index contributed by atoms with van der Waals surface area (Å²) in [6.07, 6.45) is -0.0861. The number of carboxylic acid groups (broad SMARTS) is 2. The monoisotopic (exact) mass is 459 g/mol. The molecule has 0 aliphatic carbocycles. The fourth-order valence-corrected chi connectivity index (χ4v) is 3.38. The van der Waals surface area contributed by atoms with E-state index in [9.17, 15) is 34.2 Å². The van der Waals surface area contributed by atoms with Crippen LogP contribution in [0.3, 0.4) is 0 Å². The molecule has 1 saturated heterocycles. The molecule has 9 N–H and O–H groups in total. The number of unbranched alkanes of at least 4 members (excludes halogenated alkanes) is 1. The number of hydrogen-bond acceptors (Lipinski definition) is 8. The number of nitrogens with two attached hydrogens (primary N) is 2. The summed E-state index contributed by atoms with van der Waals surface area (Å²) >= 11 is 0. The number of hydrogen-bond donors (Lipinski definition) is 7. The lowest BCUT2D eigenvalue weighted by Crippen LogP contribution is -2.58. The third-order valence-corrected chi connectivity index (χ3v) is 5.22. The number of aliphatic hydroxyl groups excluding tert-OH is 1. The molecular weight excluding hydrogens is 426 g/mol. The Hall–Kier alpha value is -2.77. The molecule has 182 valence electrons. The molecule has 1 heterocycles. The highest BCUT2D eigenvalue weighted by Gasteiger charge is 2.39. The lowest BCUT2D eigenvalue weighted by molar-refractivity contribution is -0.145. The Bertz CT molecular complexity index is 701. The average Bonchev–Trinajstić information content (AvgIpc) is 3.20. The first kappa shape index (κ1) is 27.3. The van der Waals surface area contributed by atoms with Gasteiger partial charge in [0.05, 0.1) is 12.5 Å². The fourth-order valence-electron chi connectivity index (χ4n) is 3.38. The molecule has 13 heteroatoms. The lowest BCUT2D eigenvalue weighted by Gasteiger charge is -2.29. The van der Waals surface area contributed by atoms with E-state index in [0.29, 0.717) is 25.8 Å². The van der Waals surface area contributed by atoms with Gasteiger partial charge < -0.3 is 42.3 Å². The summed E-state index contributed by atoms with van der Waals surface area (Å²) in [6, 6.07) is -5.03. The number of carbonyl (C=O) groups is 5. The predicted octanol–water partition coefficient (Wildman–Crippen LogP) is -2.66. The third kappa shape index (κ3) is 8.05. The van der Waals surface area contributed by atoms with Crippen LogP contribution in [0, 0.1) is 0 Å². The van der Waals surface area contributed by atoms with Crippen molar-refractivity contribution >= 4 is 29.7 Å². The summed E-state index contributed by atoms with van der Waals surface area (Å²) in [5.74, 6) is -5.03. The Morgan fingerprint density at radius 3 is 2.28 bits per heavy atom. The summed E-state index contributed by atoms with van der Waals surface area (Å²) in [5.41, 5.74) is 11.1. The van der Waals surface area contributed by atoms with E-state index < -0.39 is 66.4 Å². The van der Waals surface area contributed by atoms with Crippen molar-refractivity contribution < 1.29 is 39.3 Å². The molecule has 13 nitrogen and oxygen atoms in total. The largest absolute Gasteiger partial charge is 0.481 e. The van der Waals surface area contributed by atoms with Crippen molar-refractivity contribution in [3.05, 3.63) is 0 Å². The average molecular weight is 460 g/mol. The van der Waals surface area contributed by atoms with Crippen LogP contribution in [0.5, 0.6) is 0 Å². The van der Waals surface area contributed by atoms with Gasteiger partial charge in [0.1, 0.15) is 24.2 Å². The molecule has 1 fully saturated rings. The van der Waals surface area contributed by atoms with Crippen LogP contribution in [0.1, 0.15) is 45.4 Å². The summed E-state index contributed by atoms with van der Waals surface area (Å²) < 4.78 is 0. The zero-order valence-electron chi connectivity index (χ0n) is 18.0. The highest BCUT2D eigenvalue weighted by atomic mass is 16.4. The number of rotatable bonds is 13. The van der Waals surface area contributed by atoms with E-state index in [1.165, 1.54) is 11.8 Å². The first-order valence-electron chi connectivity index (χ1n) is 10.5. The number of likely N-dealkylation sites (tertiary alicyclic amines) is 1. The number of aliphatic hydroxyl groups is 1. The van der Waals surface area contributed by atoms with Crippen LogP contribution in [-0.4, -0.2) is 93.2 Å². The molecule has 1 aliphatic heterocycles. The Kier molecular flexibility index (Phi) is 11.0. The van der Waals surface area contributed by atoms with Crippen LogP contribution >= 0.6 is 0 Å². The number of carbonyl (C=O) groups excluding carboxylic acids is 3. The highest BCUT2D eigenvalue weighted by molar-refractivity contribution is 5.95. The van der Waals surface area contributed by atoms with E-state index in [0.717, 1.165) is 0 Å². The van der Waals surface area contributed by atoms with Gasteiger partial charge in [-0.3, -0.25) is 19.2 Å². The molecule has 0 aromatic rings. The Labute approximate surface area is 185 Å². The maximum Gasteiger partial charge on any atom is 0.326 e. The zero-order chi connectivity index (χ0) is 24.4. The van der Waals surface area contributed by atoms with E-state index in [2.05, 4.69) is 10.6 Å². The molecule has 5 unspecified atom stereocenters. The molecule has 1 rings (SSSR count). The molecule has 0 bridgehead atoms. The molecule has 0 aromatic carbocycles. The fraction of sp³-hybridized carbons (Fsp3) is 0.737. The van der Waals surface area contributed by atoms with Gasteiger partial charge in [0.15, 0.2) is 0 Å². The van der Waals surface area contributed by atoms with Crippen LogP contribution in [0.15, 0.2) is 0 Å². The van der Waals surface area contributed by atoms with Gasteiger partial charge in [-0.25, -0.2) is 4.79 Å². The van der Waals surface area contributed by atoms with E-state index in [-0.39, 0.29) is 19.4 Å². The van der Waals surface area contributed by atoms with Crippen LogP contribution in [0.4, 0.5) is 0 Å². The van der Waals surface area contributed by atoms with E-state index >= 15 is 0 Å². The van der Waals surface area contributed by atoms with Crippen molar-refractivity contribution in [2.24, 2.45) is 11.5 Å². The maximum absolute atomic E-state index is 12.8. The van der Waals surface area contributed by atoms with Gasteiger partial charge >= 0.3 is 11.9 Å². The lowest BCUT2D eigenvalue weighted by atomic mass is 10.1. The minimum absolute atomic E-state index is 0.0914. The van der Waals surface area contributed by atoms with Crippen molar-refractivity contribution in [3.8, 4) is 0 Å². The van der Waals surface area contributed by atoms with Gasteiger partial charge in [0.2, 0.25) is 17.7 Å². The second-order valence-corrected chi connectivity index (χ2v) is 7.80. The number of nitrogens with one attached hydrogen (secondary N) is 2. The van der Waals surface area contributed by atoms with Gasteiger partial charge in [-0.2, -0.15) is 0 Å². The van der Waals surface area contributed by atoms with E-state index in [1.807, 2.05) is 0 Å². The molecule has 0 radical (unpaired) electrons. The first-order chi connectivity index (χ1) is 15.0.